The van der Waals surface area contributed by atoms with Gasteiger partial charge in [-0.1, -0.05) is 12.8 Å². The first-order chi connectivity index (χ1) is 10.2. The third kappa shape index (κ3) is 3.18. The molecule has 0 amide bonds. The number of aromatic nitrogens is 3. The highest BCUT2D eigenvalue weighted by molar-refractivity contribution is 5.42. The largest absolute Gasteiger partial charge is 0.396 e. The van der Waals surface area contributed by atoms with Gasteiger partial charge in [0.2, 0.25) is 17.8 Å². The molecule has 1 aromatic rings. The first-order valence-electron chi connectivity index (χ1n) is 7.82. The maximum absolute atomic E-state index is 9.65. The highest BCUT2D eigenvalue weighted by Crippen LogP contribution is 2.37. The van der Waals surface area contributed by atoms with Gasteiger partial charge in [-0.25, -0.2) is 0 Å². The van der Waals surface area contributed by atoms with E-state index < -0.39 is 0 Å². The third-order valence-corrected chi connectivity index (χ3v) is 4.65. The summed E-state index contributed by atoms with van der Waals surface area (Å²) in [7, 11) is 0. The molecule has 116 valence electrons. The molecule has 21 heavy (non-hydrogen) atoms. The Kier molecular flexibility index (Phi) is 4.10. The van der Waals surface area contributed by atoms with E-state index in [-0.39, 0.29) is 18.0 Å². The van der Waals surface area contributed by atoms with Gasteiger partial charge >= 0.3 is 0 Å². The summed E-state index contributed by atoms with van der Waals surface area (Å²) in [5.74, 6) is 1.43. The Morgan fingerprint density at radius 2 is 1.81 bits per heavy atom. The summed E-state index contributed by atoms with van der Waals surface area (Å²) in [6.07, 6.45) is 6.80. The molecule has 1 saturated heterocycles. The molecule has 1 aliphatic carbocycles. The maximum atomic E-state index is 9.65. The predicted molar refractivity (Wildman–Crippen MR) is 82.2 cm³/mol. The second kappa shape index (κ2) is 6.01. The van der Waals surface area contributed by atoms with E-state index in [1.54, 1.807) is 0 Å². The summed E-state index contributed by atoms with van der Waals surface area (Å²) < 4.78 is 0. The zero-order valence-corrected chi connectivity index (χ0v) is 12.4. The number of hydrogen-bond acceptors (Lipinski definition) is 7. The minimum atomic E-state index is -0.0325. The van der Waals surface area contributed by atoms with Gasteiger partial charge in [0, 0.05) is 25.0 Å². The molecule has 4 N–H and O–H groups in total. The molecule has 1 aliphatic heterocycles. The van der Waals surface area contributed by atoms with Gasteiger partial charge in [0.15, 0.2) is 0 Å². The van der Waals surface area contributed by atoms with E-state index in [1.165, 1.54) is 25.7 Å². The monoisotopic (exact) mass is 292 g/mol. The summed E-state index contributed by atoms with van der Waals surface area (Å²) in [6.45, 7) is 2.85. The van der Waals surface area contributed by atoms with E-state index in [9.17, 15) is 5.11 Å². The second-order valence-electron chi connectivity index (χ2n) is 6.23. The molecule has 7 heteroatoms. The van der Waals surface area contributed by atoms with Crippen molar-refractivity contribution >= 4 is 17.8 Å². The number of hydrogen-bond donors (Lipinski definition) is 3. The van der Waals surface area contributed by atoms with Gasteiger partial charge in [-0.15, -0.1) is 0 Å². The van der Waals surface area contributed by atoms with Crippen LogP contribution in [0.2, 0.25) is 0 Å². The average molecular weight is 292 g/mol. The van der Waals surface area contributed by atoms with Crippen molar-refractivity contribution in [1.82, 2.24) is 15.0 Å². The zero-order valence-electron chi connectivity index (χ0n) is 12.4. The Labute approximate surface area is 125 Å². The number of aliphatic hydroxyl groups is 1. The Morgan fingerprint density at radius 3 is 2.48 bits per heavy atom. The number of nitrogens with zero attached hydrogens (tertiary/aromatic N) is 4. The minimum Gasteiger partial charge on any atom is -0.396 e. The SMILES string of the molecule is Nc1nc(NCC2(CO)CCCC2)nc(N2CCCC2)n1. The number of aliphatic hydroxyl groups excluding tert-OH is 1. The van der Waals surface area contributed by atoms with Gasteiger partial charge in [-0.2, -0.15) is 15.0 Å². The predicted octanol–water partition coefficient (Wildman–Crippen LogP) is 1.02. The van der Waals surface area contributed by atoms with Gasteiger partial charge in [0.25, 0.3) is 0 Å². The first kappa shape index (κ1) is 14.3. The molecule has 2 aliphatic rings. The van der Waals surface area contributed by atoms with Crippen LogP contribution < -0.4 is 16.0 Å². The van der Waals surface area contributed by atoms with Crippen LogP contribution in [-0.2, 0) is 0 Å². The molecule has 2 heterocycles. The quantitative estimate of drug-likeness (QED) is 0.745. The molecule has 0 unspecified atom stereocenters. The number of rotatable bonds is 5. The normalized spacial score (nSPS) is 20.9. The van der Waals surface area contributed by atoms with Crippen molar-refractivity contribution in [3.63, 3.8) is 0 Å². The van der Waals surface area contributed by atoms with Crippen LogP contribution in [0, 0.1) is 5.41 Å². The summed E-state index contributed by atoms with van der Waals surface area (Å²) >= 11 is 0. The first-order valence-corrected chi connectivity index (χ1v) is 7.82. The summed E-state index contributed by atoms with van der Waals surface area (Å²) in [4.78, 5) is 15.0. The molecule has 3 rings (SSSR count). The van der Waals surface area contributed by atoms with Crippen LogP contribution in [-0.4, -0.2) is 46.3 Å². The Morgan fingerprint density at radius 1 is 1.10 bits per heavy atom. The van der Waals surface area contributed by atoms with Crippen molar-refractivity contribution in [2.75, 3.05) is 42.2 Å². The fraction of sp³-hybridized carbons (Fsp3) is 0.786. The Bertz CT molecular complexity index is 482. The van der Waals surface area contributed by atoms with Crippen LogP contribution in [0.5, 0.6) is 0 Å². The van der Waals surface area contributed by atoms with Gasteiger partial charge in [-0.05, 0) is 25.7 Å². The van der Waals surface area contributed by atoms with E-state index in [2.05, 4.69) is 25.2 Å². The highest BCUT2D eigenvalue weighted by Gasteiger charge is 2.33. The number of anilines is 3. The summed E-state index contributed by atoms with van der Waals surface area (Å²) in [5, 5.41) is 12.9. The van der Waals surface area contributed by atoms with Gasteiger partial charge in [0.1, 0.15) is 0 Å². The molecule has 2 fully saturated rings. The van der Waals surface area contributed by atoms with Crippen LogP contribution in [0.3, 0.4) is 0 Å². The molecule has 0 aromatic carbocycles. The molecule has 0 spiro atoms. The van der Waals surface area contributed by atoms with E-state index in [1.807, 2.05) is 0 Å². The van der Waals surface area contributed by atoms with Crippen molar-refractivity contribution in [3.8, 4) is 0 Å². The van der Waals surface area contributed by atoms with Gasteiger partial charge in [-0.3, -0.25) is 0 Å². The fourth-order valence-electron chi connectivity index (χ4n) is 3.30. The van der Waals surface area contributed by atoms with Crippen LogP contribution in [0.15, 0.2) is 0 Å². The lowest BCUT2D eigenvalue weighted by atomic mass is 9.87. The van der Waals surface area contributed by atoms with Crippen molar-refractivity contribution in [2.24, 2.45) is 5.41 Å². The van der Waals surface area contributed by atoms with Crippen molar-refractivity contribution in [2.45, 2.75) is 38.5 Å². The molecule has 0 radical (unpaired) electrons. The number of nitrogen functional groups attached to an aromatic ring is 1. The summed E-state index contributed by atoms with van der Waals surface area (Å²) in [6, 6.07) is 0. The fourth-order valence-corrected chi connectivity index (χ4v) is 3.30. The van der Waals surface area contributed by atoms with Crippen molar-refractivity contribution in [1.29, 1.82) is 0 Å². The smallest absolute Gasteiger partial charge is 0.231 e. The van der Waals surface area contributed by atoms with Gasteiger partial charge < -0.3 is 21.1 Å². The van der Waals surface area contributed by atoms with Crippen LogP contribution in [0.25, 0.3) is 0 Å². The number of nitrogens with one attached hydrogen (secondary N) is 1. The lowest BCUT2D eigenvalue weighted by Crippen LogP contribution is -2.31. The lowest BCUT2D eigenvalue weighted by molar-refractivity contribution is 0.142. The van der Waals surface area contributed by atoms with E-state index in [0.717, 1.165) is 25.9 Å². The van der Waals surface area contributed by atoms with Crippen LogP contribution in [0.4, 0.5) is 17.8 Å². The maximum Gasteiger partial charge on any atom is 0.231 e. The van der Waals surface area contributed by atoms with Gasteiger partial charge in [0.05, 0.1) is 6.61 Å². The standard InChI is InChI=1S/C14H24N6O/c15-11-17-12(16-9-14(10-21)5-1-2-6-14)19-13(18-11)20-7-3-4-8-20/h21H,1-10H2,(H3,15,16,17,18,19). The van der Waals surface area contributed by atoms with E-state index in [0.29, 0.717) is 18.4 Å². The zero-order chi connectivity index (χ0) is 14.7. The van der Waals surface area contributed by atoms with Crippen molar-refractivity contribution < 1.29 is 5.11 Å². The average Bonchev–Trinajstić information content (AvgIpc) is 3.17. The molecular weight excluding hydrogens is 268 g/mol. The highest BCUT2D eigenvalue weighted by atomic mass is 16.3. The summed E-state index contributed by atoms with van der Waals surface area (Å²) in [5.41, 5.74) is 5.77. The molecule has 7 nitrogen and oxygen atoms in total. The lowest BCUT2D eigenvalue weighted by Gasteiger charge is -2.26. The molecule has 0 atom stereocenters. The second-order valence-corrected chi connectivity index (χ2v) is 6.23. The topological polar surface area (TPSA) is 100 Å². The molecule has 0 bridgehead atoms. The minimum absolute atomic E-state index is 0.0325. The van der Waals surface area contributed by atoms with E-state index in [4.69, 9.17) is 5.73 Å². The van der Waals surface area contributed by atoms with Crippen molar-refractivity contribution in [3.05, 3.63) is 0 Å². The molecule has 1 saturated carbocycles. The van der Waals surface area contributed by atoms with E-state index >= 15 is 0 Å². The van der Waals surface area contributed by atoms with Crippen LogP contribution >= 0.6 is 0 Å². The molecular formula is C14H24N6O. The number of nitrogens with two attached hydrogens (primary N) is 1. The molecule has 1 aromatic heterocycles. The van der Waals surface area contributed by atoms with Crippen LogP contribution in [0.1, 0.15) is 38.5 Å². The Hall–Kier alpha value is -1.63. The Balaban J connectivity index is 1.70. The third-order valence-electron chi connectivity index (χ3n) is 4.65.